The van der Waals surface area contributed by atoms with Crippen molar-refractivity contribution in [1.29, 1.82) is 0 Å². The lowest BCUT2D eigenvalue weighted by atomic mass is 10.1. The number of hydrogen-bond acceptors (Lipinski definition) is 5. The fourth-order valence-corrected chi connectivity index (χ4v) is 3.57. The summed E-state index contributed by atoms with van der Waals surface area (Å²) in [5.41, 5.74) is 4.80. The highest BCUT2D eigenvalue weighted by atomic mass is 16.5. The molecule has 1 aliphatic rings. The number of pyridine rings is 1. The number of carbonyl (C=O) groups excluding carboxylic acids is 1. The fourth-order valence-electron chi connectivity index (χ4n) is 3.57. The Morgan fingerprint density at radius 1 is 1.07 bits per heavy atom. The normalized spacial score (nSPS) is 14.1. The van der Waals surface area contributed by atoms with Crippen molar-refractivity contribution >= 4 is 17.4 Å². The maximum atomic E-state index is 12.6. The topological polar surface area (TPSA) is 72.3 Å². The highest BCUT2D eigenvalue weighted by Gasteiger charge is 2.17. The molecule has 3 heterocycles. The van der Waals surface area contributed by atoms with Gasteiger partial charge >= 0.3 is 0 Å². The van der Waals surface area contributed by atoms with E-state index in [4.69, 9.17) is 4.74 Å². The Kier molecular flexibility index (Phi) is 5.57. The van der Waals surface area contributed by atoms with Crippen LogP contribution >= 0.6 is 0 Å². The monoisotopic (exact) mass is 391 g/mol. The number of rotatable bonds is 5. The van der Waals surface area contributed by atoms with E-state index in [2.05, 4.69) is 20.3 Å². The molecule has 3 aromatic rings. The number of aromatic nitrogens is 3. The smallest absolute Gasteiger partial charge is 0.230 e. The number of carbonyl (C=O) groups is 1. The Labute approximate surface area is 170 Å². The Morgan fingerprint density at radius 3 is 2.52 bits per heavy atom. The number of aryl methyl sites for hydroxylation is 1. The van der Waals surface area contributed by atoms with Crippen LogP contribution in [-0.4, -0.2) is 47.0 Å². The van der Waals surface area contributed by atoms with Gasteiger partial charge in [-0.3, -0.25) is 4.79 Å². The zero-order valence-electron chi connectivity index (χ0n) is 16.8. The quantitative estimate of drug-likeness (QED) is 0.724. The summed E-state index contributed by atoms with van der Waals surface area (Å²) in [6.45, 7) is 7.10. The second-order valence-corrected chi connectivity index (χ2v) is 7.12. The van der Waals surface area contributed by atoms with Crippen LogP contribution < -0.4 is 10.2 Å². The molecule has 1 fully saturated rings. The molecule has 150 valence electrons. The minimum absolute atomic E-state index is 0.101. The molecule has 0 aliphatic carbocycles. The van der Waals surface area contributed by atoms with Crippen LogP contribution in [0.3, 0.4) is 0 Å². The van der Waals surface area contributed by atoms with E-state index in [1.807, 2.05) is 61.0 Å². The molecule has 7 heteroatoms. The lowest BCUT2D eigenvalue weighted by Crippen LogP contribution is -2.36. The summed E-state index contributed by atoms with van der Waals surface area (Å²) in [6, 6.07) is 13.8. The number of nitrogens with zero attached hydrogens (tertiary/aromatic N) is 4. The van der Waals surface area contributed by atoms with Crippen molar-refractivity contribution in [2.75, 3.05) is 36.5 Å². The third-order valence-corrected chi connectivity index (χ3v) is 5.17. The molecule has 2 aromatic heterocycles. The van der Waals surface area contributed by atoms with Crippen LogP contribution in [0, 0.1) is 13.8 Å². The minimum Gasteiger partial charge on any atom is -0.378 e. The molecule has 1 amide bonds. The van der Waals surface area contributed by atoms with Gasteiger partial charge in [-0.25, -0.2) is 9.67 Å². The van der Waals surface area contributed by atoms with E-state index in [9.17, 15) is 4.79 Å². The Morgan fingerprint density at radius 2 is 1.83 bits per heavy atom. The predicted molar refractivity (Wildman–Crippen MR) is 113 cm³/mol. The molecule has 1 saturated heterocycles. The molecule has 1 aliphatic heterocycles. The Bertz CT molecular complexity index is 976. The van der Waals surface area contributed by atoms with E-state index in [1.54, 1.807) is 6.20 Å². The van der Waals surface area contributed by atoms with Crippen molar-refractivity contribution in [2.45, 2.75) is 20.3 Å². The van der Waals surface area contributed by atoms with Gasteiger partial charge in [-0.15, -0.1) is 0 Å². The number of para-hydroxylation sites is 1. The minimum atomic E-state index is -0.101. The zero-order chi connectivity index (χ0) is 20.2. The summed E-state index contributed by atoms with van der Waals surface area (Å²) in [6.07, 6.45) is 2.06. The van der Waals surface area contributed by atoms with Gasteiger partial charge in [0, 0.05) is 24.3 Å². The summed E-state index contributed by atoms with van der Waals surface area (Å²) < 4.78 is 7.26. The van der Waals surface area contributed by atoms with Crippen molar-refractivity contribution in [3.8, 4) is 5.69 Å². The van der Waals surface area contributed by atoms with Crippen molar-refractivity contribution in [1.82, 2.24) is 14.8 Å². The molecule has 1 N–H and O–H groups in total. The maximum absolute atomic E-state index is 12.6. The predicted octanol–water partition coefficient (Wildman–Crippen LogP) is 2.90. The standard InChI is InChI=1S/C22H25N5O2/c1-16-20(17(2)27(25-16)18-6-4-3-5-7-18)14-22(28)24-21-9-8-19(15-23-21)26-10-12-29-13-11-26/h3-9,15H,10-14H2,1-2H3,(H,23,24,28). The molecule has 0 atom stereocenters. The van der Waals surface area contributed by atoms with Crippen LogP contribution in [0.2, 0.25) is 0 Å². The summed E-state index contributed by atoms with van der Waals surface area (Å²) in [5.74, 6) is 0.452. The first-order valence-corrected chi connectivity index (χ1v) is 9.81. The second-order valence-electron chi connectivity index (χ2n) is 7.12. The van der Waals surface area contributed by atoms with E-state index in [0.717, 1.165) is 54.6 Å². The van der Waals surface area contributed by atoms with Gasteiger partial charge in [-0.1, -0.05) is 18.2 Å². The molecular formula is C22H25N5O2. The number of amides is 1. The molecule has 0 spiro atoms. The molecule has 0 radical (unpaired) electrons. The SMILES string of the molecule is Cc1nn(-c2ccccc2)c(C)c1CC(=O)Nc1ccc(N2CCOCC2)cn1. The number of benzene rings is 1. The fraction of sp³-hybridized carbons (Fsp3) is 0.318. The van der Waals surface area contributed by atoms with Crippen molar-refractivity contribution < 1.29 is 9.53 Å². The first-order valence-electron chi connectivity index (χ1n) is 9.81. The summed E-state index contributed by atoms with van der Waals surface area (Å²) in [5, 5.41) is 7.50. The molecule has 29 heavy (non-hydrogen) atoms. The van der Waals surface area contributed by atoms with E-state index in [0.29, 0.717) is 5.82 Å². The maximum Gasteiger partial charge on any atom is 0.230 e. The second kappa shape index (κ2) is 8.45. The molecule has 0 bridgehead atoms. The van der Waals surface area contributed by atoms with Crippen LogP contribution in [0.5, 0.6) is 0 Å². The van der Waals surface area contributed by atoms with Crippen molar-refractivity contribution in [2.24, 2.45) is 0 Å². The van der Waals surface area contributed by atoms with Gasteiger partial charge in [0.25, 0.3) is 0 Å². The summed E-state index contributed by atoms with van der Waals surface area (Å²) in [4.78, 5) is 19.2. The lowest BCUT2D eigenvalue weighted by Gasteiger charge is -2.28. The third kappa shape index (κ3) is 4.30. The van der Waals surface area contributed by atoms with Crippen LogP contribution in [0.15, 0.2) is 48.7 Å². The number of nitrogens with one attached hydrogen (secondary N) is 1. The van der Waals surface area contributed by atoms with Gasteiger partial charge in [0.1, 0.15) is 5.82 Å². The van der Waals surface area contributed by atoms with Gasteiger partial charge in [0.05, 0.1) is 42.9 Å². The molecule has 7 nitrogen and oxygen atoms in total. The number of anilines is 2. The molecule has 0 unspecified atom stereocenters. The third-order valence-electron chi connectivity index (χ3n) is 5.17. The highest BCUT2D eigenvalue weighted by molar-refractivity contribution is 5.91. The van der Waals surface area contributed by atoms with Crippen LogP contribution in [0.1, 0.15) is 17.0 Å². The van der Waals surface area contributed by atoms with Crippen LogP contribution in [-0.2, 0) is 16.0 Å². The zero-order valence-corrected chi connectivity index (χ0v) is 16.8. The van der Waals surface area contributed by atoms with Crippen molar-refractivity contribution in [3.63, 3.8) is 0 Å². The van der Waals surface area contributed by atoms with Gasteiger partial charge in [0.15, 0.2) is 0 Å². The molecule has 4 rings (SSSR count). The molecular weight excluding hydrogens is 366 g/mol. The highest BCUT2D eigenvalue weighted by Crippen LogP contribution is 2.20. The van der Waals surface area contributed by atoms with Crippen LogP contribution in [0.4, 0.5) is 11.5 Å². The first-order chi connectivity index (χ1) is 14.1. The Balaban J connectivity index is 1.43. The van der Waals surface area contributed by atoms with E-state index < -0.39 is 0 Å². The number of ether oxygens (including phenoxy) is 1. The average molecular weight is 391 g/mol. The van der Waals surface area contributed by atoms with Gasteiger partial charge in [-0.05, 0) is 38.1 Å². The van der Waals surface area contributed by atoms with Crippen LogP contribution in [0.25, 0.3) is 5.69 Å². The van der Waals surface area contributed by atoms with E-state index in [1.165, 1.54) is 0 Å². The molecule has 0 saturated carbocycles. The Hall–Kier alpha value is -3.19. The average Bonchev–Trinajstić information content (AvgIpc) is 3.04. The van der Waals surface area contributed by atoms with Gasteiger partial charge in [-0.2, -0.15) is 5.10 Å². The number of hydrogen-bond donors (Lipinski definition) is 1. The van der Waals surface area contributed by atoms with Crippen molar-refractivity contribution in [3.05, 3.63) is 65.6 Å². The van der Waals surface area contributed by atoms with Gasteiger partial charge in [0.2, 0.25) is 5.91 Å². The first kappa shape index (κ1) is 19.1. The number of morpholine rings is 1. The van der Waals surface area contributed by atoms with Gasteiger partial charge < -0.3 is 15.0 Å². The largest absolute Gasteiger partial charge is 0.378 e. The lowest BCUT2D eigenvalue weighted by molar-refractivity contribution is -0.115. The van der Waals surface area contributed by atoms with E-state index in [-0.39, 0.29) is 12.3 Å². The summed E-state index contributed by atoms with van der Waals surface area (Å²) >= 11 is 0. The summed E-state index contributed by atoms with van der Waals surface area (Å²) in [7, 11) is 0. The van der Waals surface area contributed by atoms with E-state index >= 15 is 0 Å². The molecule has 1 aromatic carbocycles.